The lowest BCUT2D eigenvalue weighted by atomic mass is 10.1. The normalized spacial score (nSPS) is 10.9. The predicted molar refractivity (Wildman–Crippen MR) is 95.3 cm³/mol. The smallest absolute Gasteiger partial charge is 0.275 e. The first kappa shape index (κ1) is 16.3. The van der Waals surface area contributed by atoms with Crippen LogP contribution in [0.15, 0.2) is 59.7 Å². The third-order valence-electron chi connectivity index (χ3n) is 3.71. The van der Waals surface area contributed by atoms with E-state index in [2.05, 4.69) is 10.5 Å². The van der Waals surface area contributed by atoms with Crippen molar-refractivity contribution in [3.05, 3.63) is 65.7 Å². The Morgan fingerprint density at radius 3 is 2.48 bits per heavy atom. The van der Waals surface area contributed by atoms with Crippen LogP contribution in [0.4, 0.5) is 0 Å². The van der Waals surface area contributed by atoms with Crippen molar-refractivity contribution in [1.82, 2.24) is 5.43 Å². The SMILES string of the molecule is COc1ccc(O)c(C=NNC(=O)c2cc3ccccc3cc2O)c1. The van der Waals surface area contributed by atoms with Crippen LogP contribution >= 0.6 is 0 Å². The number of phenolic OH excluding ortho intramolecular Hbond substituents is 2. The van der Waals surface area contributed by atoms with Gasteiger partial charge in [-0.15, -0.1) is 0 Å². The van der Waals surface area contributed by atoms with Crippen molar-refractivity contribution in [3.63, 3.8) is 0 Å². The summed E-state index contributed by atoms with van der Waals surface area (Å²) < 4.78 is 5.07. The van der Waals surface area contributed by atoms with E-state index < -0.39 is 5.91 Å². The van der Waals surface area contributed by atoms with Gasteiger partial charge in [0.1, 0.15) is 17.2 Å². The number of nitrogens with one attached hydrogen (secondary N) is 1. The molecule has 0 radical (unpaired) electrons. The molecule has 3 aromatic carbocycles. The van der Waals surface area contributed by atoms with Crippen LogP contribution in [-0.2, 0) is 0 Å². The van der Waals surface area contributed by atoms with Gasteiger partial charge < -0.3 is 14.9 Å². The molecule has 6 heteroatoms. The molecule has 0 saturated heterocycles. The molecule has 0 bridgehead atoms. The molecule has 0 aliphatic rings. The average Bonchev–Trinajstić information content (AvgIpc) is 2.62. The molecule has 0 saturated carbocycles. The number of fused-ring (bicyclic) bond motifs is 1. The molecule has 0 aliphatic heterocycles. The monoisotopic (exact) mass is 336 g/mol. The second kappa shape index (κ2) is 6.92. The number of rotatable bonds is 4. The van der Waals surface area contributed by atoms with E-state index in [1.165, 1.54) is 25.5 Å². The third kappa shape index (κ3) is 3.53. The zero-order valence-corrected chi connectivity index (χ0v) is 13.4. The fourth-order valence-corrected chi connectivity index (χ4v) is 2.39. The number of aromatic hydroxyl groups is 2. The van der Waals surface area contributed by atoms with Crippen LogP contribution in [0, 0.1) is 0 Å². The van der Waals surface area contributed by atoms with Crippen LogP contribution in [0.2, 0.25) is 0 Å². The number of nitrogens with zero attached hydrogens (tertiary/aromatic N) is 1. The summed E-state index contributed by atoms with van der Waals surface area (Å²) in [4.78, 5) is 12.2. The van der Waals surface area contributed by atoms with E-state index in [-0.39, 0.29) is 17.1 Å². The van der Waals surface area contributed by atoms with Crippen LogP contribution < -0.4 is 10.2 Å². The highest BCUT2D eigenvalue weighted by Gasteiger charge is 2.11. The predicted octanol–water partition coefficient (Wildman–Crippen LogP) is 3.02. The van der Waals surface area contributed by atoms with E-state index in [1.807, 2.05) is 24.3 Å². The standard InChI is InChI=1S/C19H16N2O4/c1-25-15-6-7-17(22)14(8-15)11-20-21-19(24)16-9-12-4-2-3-5-13(12)10-18(16)23/h2-11,22-23H,1H3,(H,21,24). The minimum absolute atomic E-state index is 0.00681. The maximum atomic E-state index is 12.2. The fraction of sp³-hybridized carbons (Fsp3) is 0.0526. The van der Waals surface area contributed by atoms with Crippen molar-refractivity contribution in [2.75, 3.05) is 7.11 Å². The number of hydrogen-bond acceptors (Lipinski definition) is 5. The second-order valence-electron chi connectivity index (χ2n) is 5.34. The molecule has 25 heavy (non-hydrogen) atoms. The molecular weight excluding hydrogens is 320 g/mol. The number of hydrogen-bond donors (Lipinski definition) is 3. The Labute approximate surface area is 144 Å². The highest BCUT2D eigenvalue weighted by Crippen LogP contribution is 2.25. The summed E-state index contributed by atoms with van der Waals surface area (Å²) in [5.41, 5.74) is 2.84. The van der Waals surface area contributed by atoms with Gasteiger partial charge in [-0.2, -0.15) is 5.10 Å². The van der Waals surface area contributed by atoms with Gasteiger partial charge in [0.05, 0.1) is 18.9 Å². The van der Waals surface area contributed by atoms with Gasteiger partial charge in [-0.3, -0.25) is 4.79 Å². The first-order valence-corrected chi connectivity index (χ1v) is 7.50. The number of carbonyl (C=O) groups excluding carboxylic acids is 1. The van der Waals surface area contributed by atoms with Crippen LogP contribution in [0.25, 0.3) is 10.8 Å². The van der Waals surface area contributed by atoms with E-state index in [4.69, 9.17) is 4.74 Å². The first-order valence-electron chi connectivity index (χ1n) is 7.50. The molecule has 126 valence electrons. The molecule has 0 aliphatic carbocycles. The maximum absolute atomic E-state index is 12.2. The summed E-state index contributed by atoms with van der Waals surface area (Å²) in [6.45, 7) is 0. The molecule has 0 aromatic heterocycles. The van der Waals surface area contributed by atoms with Gasteiger partial charge in [-0.25, -0.2) is 5.43 Å². The Kier molecular flexibility index (Phi) is 4.52. The number of carbonyl (C=O) groups is 1. The van der Waals surface area contributed by atoms with Crippen molar-refractivity contribution >= 4 is 22.9 Å². The zero-order valence-electron chi connectivity index (χ0n) is 13.4. The number of hydrazone groups is 1. The van der Waals surface area contributed by atoms with Gasteiger partial charge in [0.15, 0.2) is 0 Å². The number of benzene rings is 3. The molecule has 0 atom stereocenters. The summed E-state index contributed by atoms with van der Waals surface area (Å²) in [6.07, 6.45) is 1.30. The van der Waals surface area contributed by atoms with Gasteiger partial charge in [0, 0.05) is 5.56 Å². The minimum Gasteiger partial charge on any atom is -0.507 e. The highest BCUT2D eigenvalue weighted by atomic mass is 16.5. The summed E-state index contributed by atoms with van der Waals surface area (Å²) in [5.74, 6) is -0.123. The van der Waals surface area contributed by atoms with Crippen LogP contribution in [0.5, 0.6) is 17.2 Å². The van der Waals surface area contributed by atoms with Crippen molar-refractivity contribution in [2.45, 2.75) is 0 Å². The largest absolute Gasteiger partial charge is 0.507 e. The maximum Gasteiger partial charge on any atom is 0.275 e. The molecular formula is C19H16N2O4. The number of ether oxygens (including phenoxy) is 1. The Morgan fingerprint density at radius 1 is 1.04 bits per heavy atom. The Bertz CT molecular complexity index is 967. The lowest BCUT2D eigenvalue weighted by Crippen LogP contribution is -2.17. The van der Waals surface area contributed by atoms with Crippen molar-refractivity contribution in [2.24, 2.45) is 5.10 Å². The molecule has 6 nitrogen and oxygen atoms in total. The number of methoxy groups -OCH3 is 1. The van der Waals surface area contributed by atoms with Gasteiger partial charge in [0.25, 0.3) is 5.91 Å². The molecule has 1 amide bonds. The van der Waals surface area contributed by atoms with E-state index in [0.29, 0.717) is 11.3 Å². The molecule has 3 N–H and O–H groups in total. The molecule has 0 unspecified atom stereocenters. The van der Waals surface area contributed by atoms with Crippen LogP contribution in [0.1, 0.15) is 15.9 Å². The summed E-state index contributed by atoms with van der Waals surface area (Å²) in [5, 5.41) is 25.3. The minimum atomic E-state index is -0.554. The molecule has 0 fully saturated rings. The quantitative estimate of drug-likeness (QED) is 0.504. The molecule has 0 spiro atoms. The molecule has 0 heterocycles. The van der Waals surface area contributed by atoms with Crippen LogP contribution in [0.3, 0.4) is 0 Å². The zero-order chi connectivity index (χ0) is 17.8. The van der Waals surface area contributed by atoms with Gasteiger partial charge in [-0.1, -0.05) is 24.3 Å². The third-order valence-corrected chi connectivity index (χ3v) is 3.71. The Balaban J connectivity index is 1.80. The average molecular weight is 336 g/mol. The number of amides is 1. The lowest BCUT2D eigenvalue weighted by Gasteiger charge is -2.06. The van der Waals surface area contributed by atoms with E-state index in [1.54, 1.807) is 18.2 Å². The second-order valence-corrected chi connectivity index (χ2v) is 5.34. The van der Waals surface area contributed by atoms with Crippen molar-refractivity contribution in [1.29, 1.82) is 0 Å². The van der Waals surface area contributed by atoms with Crippen molar-refractivity contribution < 1.29 is 19.7 Å². The number of phenols is 2. The van der Waals surface area contributed by atoms with E-state index in [0.717, 1.165) is 10.8 Å². The Morgan fingerprint density at radius 2 is 1.76 bits per heavy atom. The topological polar surface area (TPSA) is 91.2 Å². The molecule has 3 aromatic rings. The first-order chi connectivity index (χ1) is 12.1. The summed E-state index contributed by atoms with van der Waals surface area (Å²) >= 11 is 0. The van der Waals surface area contributed by atoms with Gasteiger partial charge in [0.2, 0.25) is 0 Å². The summed E-state index contributed by atoms with van der Waals surface area (Å²) in [7, 11) is 1.51. The Hall–Kier alpha value is -3.54. The van der Waals surface area contributed by atoms with Gasteiger partial charge >= 0.3 is 0 Å². The molecule has 3 rings (SSSR count). The lowest BCUT2D eigenvalue weighted by molar-refractivity contribution is 0.0952. The van der Waals surface area contributed by atoms with Crippen LogP contribution in [-0.4, -0.2) is 29.4 Å². The van der Waals surface area contributed by atoms with Crippen molar-refractivity contribution in [3.8, 4) is 17.2 Å². The summed E-state index contributed by atoms with van der Waals surface area (Å²) in [6, 6.07) is 15.2. The highest BCUT2D eigenvalue weighted by molar-refractivity contribution is 6.01. The van der Waals surface area contributed by atoms with E-state index in [9.17, 15) is 15.0 Å². The fourth-order valence-electron chi connectivity index (χ4n) is 2.39. The van der Waals surface area contributed by atoms with E-state index >= 15 is 0 Å². The van der Waals surface area contributed by atoms with Gasteiger partial charge in [-0.05, 0) is 41.1 Å².